The summed E-state index contributed by atoms with van der Waals surface area (Å²) in [6.45, 7) is 1.96. The Morgan fingerprint density at radius 2 is 1.86 bits per heavy atom. The van der Waals surface area contributed by atoms with Gasteiger partial charge in [-0.05, 0) is 37.6 Å². The van der Waals surface area contributed by atoms with Gasteiger partial charge < -0.3 is 4.90 Å². The van der Waals surface area contributed by atoms with Crippen LogP contribution in [0.2, 0.25) is 0 Å². The normalized spacial score (nSPS) is 26.8. The van der Waals surface area contributed by atoms with Crippen molar-refractivity contribution in [2.75, 3.05) is 19.6 Å². The molecule has 0 unspecified atom stereocenters. The van der Waals surface area contributed by atoms with Crippen LogP contribution in [0.15, 0.2) is 0 Å². The topological polar surface area (TPSA) is 3.24 Å². The van der Waals surface area contributed by atoms with Crippen molar-refractivity contribution in [3.63, 3.8) is 0 Å². The summed E-state index contributed by atoms with van der Waals surface area (Å²) in [7, 11) is 0. The Morgan fingerprint density at radius 3 is 2.43 bits per heavy atom. The largest absolute Gasteiger partial charge is 0.390 e. The van der Waals surface area contributed by atoms with Crippen LogP contribution < -0.4 is 0 Å². The highest BCUT2D eigenvalue weighted by Gasteiger charge is 2.45. The molecule has 0 amide bonds. The lowest BCUT2D eigenvalue weighted by Crippen LogP contribution is -2.38. The first-order valence-electron chi connectivity index (χ1n) is 5.28. The fourth-order valence-electron chi connectivity index (χ4n) is 2.37. The fourth-order valence-corrected chi connectivity index (χ4v) is 2.37. The smallest absolute Gasteiger partial charge is 0.302 e. The highest BCUT2D eigenvalue weighted by molar-refractivity contribution is 4.97. The van der Waals surface area contributed by atoms with Gasteiger partial charge in [0.15, 0.2) is 0 Å². The molecule has 0 aromatic heterocycles. The van der Waals surface area contributed by atoms with Gasteiger partial charge in [-0.1, -0.05) is 0 Å². The molecule has 14 heavy (non-hydrogen) atoms. The molecule has 0 radical (unpaired) electrons. The predicted octanol–water partition coefficient (Wildman–Crippen LogP) is 2.81. The standard InChI is InChI=1S/C10H16F3N/c11-10(12,13)5-7-14-6-1-2-9(8-14)3-4-9/h1-8H2. The predicted molar refractivity (Wildman–Crippen MR) is 48.0 cm³/mol. The summed E-state index contributed by atoms with van der Waals surface area (Å²) in [4.78, 5) is 1.99. The maximum Gasteiger partial charge on any atom is 0.390 e. The van der Waals surface area contributed by atoms with Crippen molar-refractivity contribution in [1.82, 2.24) is 4.90 Å². The minimum Gasteiger partial charge on any atom is -0.302 e. The van der Waals surface area contributed by atoms with E-state index in [4.69, 9.17) is 0 Å². The van der Waals surface area contributed by atoms with Gasteiger partial charge in [0, 0.05) is 13.1 Å². The molecule has 2 rings (SSSR count). The molecule has 82 valence electrons. The van der Waals surface area contributed by atoms with Crippen LogP contribution in [-0.2, 0) is 0 Å². The minimum atomic E-state index is -3.99. The summed E-state index contributed by atoms with van der Waals surface area (Å²) in [6, 6.07) is 0. The Balaban J connectivity index is 1.75. The Kier molecular flexibility index (Phi) is 2.50. The minimum absolute atomic E-state index is 0.200. The van der Waals surface area contributed by atoms with E-state index >= 15 is 0 Å². The molecule has 0 aromatic carbocycles. The van der Waals surface area contributed by atoms with Crippen LogP contribution in [0, 0.1) is 5.41 Å². The Morgan fingerprint density at radius 1 is 1.14 bits per heavy atom. The van der Waals surface area contributed by atoms with Crippen molar-refractivity contribution in [1.29, 1.82) is 0 Å². The summed E-state index contributed by atoms with van der Waals surface area (Å²) in [6.07, 6.45) is 0.135. The number of halogens is 3. The molecule has 0 atom stereocenters. The molecular weight excluding hydrogens is 191 g/mol. The second-order valence-electron chi connectivity index (χ2n) is 4.74. The second-order valence-corrected chi connectivity index (χ2v) is 4.74. The monoisotopic (exact) mass is 207 g/mol. The van der Waals surface area contributed by atoms with Crippen LogP contribution in [0.4, 0.5) is 13.2 Å². The van der Waals surface area contributed by atoms with Crippen molar-refractivity contribution in [3.8, 4) is 0 Å². The highest BCUT2D eigenvalue weighted by atomic mass is 19.4. The number of hydrogen-bond acceptors (Lipinski definition) is 1. The number of likely N-dealkylation sites (tertiary alicyclic amines) is 1. The molecule has 1 saturated heterocycles. The molecule has 0 bridgehead atoms. The van der Waals surface area contributed by atoms with Gasteiger partial charge in [0.2, 0.25) is 0 Å². The van der Waals surface area contributed by atoms with Crippen molar-refractivity contribution >= 4 is 0 Å². The maximum atomic E-state index is 12.0. The van der Waals surface area contributed by atoms with E-state index in [-0.39, 0.29) is 6.54 Å². The van der Waals surface area contributed by atoms with E-state index in [1.54, 1.807) is 0 Å². The van der Waals surface area contributed by atoms with Crippen LogP contribution in [0.25, 0.3) is 0 Å². The van der Waals surface area contributed by atoms with Crippen molar-refractivity contribution in [2.24, 2.45) is 5.41 Å². The quantitative estimate of drug-likeness (QED) is 0.673. The molecule has 0 aromatic rings. The summed E-state index contributed by atoms with van der Waals surface area (Å²) in [5, 5.41) is 0. The lowest BCUT2D eigenvalue weighted by atomic mass is 9.95. The zero-order valence-corrected chi connectivity index (χ0v) is 8.24. The number of rotatable bonds is 2. The first-order valence-corrected chi connectivity index (χ1v) is 5.28. The van der Waals surface area contributed by atoms with Crippen LogP contribution >= 0.6 is 0 Å². The maximum absolute atomic E-state index is 12.0. The van der Waals surface area contributed by atoms with Gasteiger partial charge >= 0.3 is 6.18 Å². The second kappa shape index (κ2) is 3.40. The fraction of sp³-hybridized carbons (Fsp3) is 1.00. The number of nitrogens with zero attached hydrogens (tertiary/aromatic N) is 1. The SMILES string of the molecule is FC(F)(F)CCN1CCCC2(CC2)C1. The summed E-state index contributed by atoms with van der Waals surface area (Å²) >= 11 is 0. The zero-order chi connectivity index (χ0) is 10.2. The molecule has 1 aliphatic heterocycles. The third kappa shape index (κ3) is 2.62. The van der Waals surface area contributed by atoms with Gasteiger partial charge in [0.05, 0.1) is 6.42 Å². The van der Waals surface area contributed by atoms with Crippen LogP contribution in [-0.4, -0.2) is 30.7 Å². The highest BCUT2D eigenvalue weighted by Crippen LogP contribution is 2.52. The first-order chi connectivity index (χ1) is 6.49. The molecule has 4 heteroatoms. The van der Waals surface area contributed by atoms with Crippen LogP contribution in [0.3, 0.4) is 0 Å². The van der Waals surface area contributed by atoms with Crippen LogP contribution in [0.1, 0.15) is 32.1 Å². The average Bonchev–Trinajstić information content (AvgIpc) is 2.81. The summed E-state index contributed by atoms with van der Waals surface area (Å²) < 4.78 is 36.0. The molecule has 1 saturated carbocycles. The molecule has 1 heterocycles. The van der Waals surface area contributed by atoms with E-state index in [9.17, 15) is 13.2 Å². The Labute approximate surface area is 82.3 Å². The van der Waals surface area contributed by atoms with Crippen molar-refractivity contribution in [2.45, 2.75) is 38.3 Å². The molecule has 0 N–H and O–H groups in total. The number of alkyl halides is 3. The van der Waals surface area contributed by atoms with E-state index in [2.05, 4.69) is 0 Å². The van der Waals surface area contributed by atoms with E-state index in [1.807, 2.05) is 4.90 Å². The molecule has 2 fully saturated rings. The average molecular weight is 207 g/mol. The van der Waals surface area contributed by atoms with Gasteiger partial charge in [-0.25, -0.2) is 0 Å². The number of piperidine rings is 1. The third-order valence-corrected chi connectivity index (χ3v) is 3.41. The summed E-state index contributed by atoms with van der Waals surface area (Å²) in [5.74, 6) is 0. The van der Waals surface area contributed by atoms with Crippen molar-refractivity contribution < 1.29 is 13.2 Å². The first kappa shape index (κ1) is 10.3. The van der Waals surface area contributed by atoms with Gasteiger partial charge in [-0.2, -0.15) is 13.2 Å². The lowest BCUT2D eigenvalue weighted by Gasteiger charge is -2.33. The van der Waals surface area contributed by atoms with Crippen LogP contribution in [0.5, 0.6) is 0 Å². The van der Waals surface area contributed by atoms with Gasteiger partial charge in [-0.3, -0.25) is 0 Å². The zero-order valence-electron chi connectivity index (χ0n) is 8.24. The lowest BCUT2D eigenvalue weighted by molar-refractivity contribution is -0.139. The Bertz CT molecular complexity index is 208. The molecule has 1 aliphatic carbocycles. The molecule has 1 spiro atoms. The van der Waals surface area contributed by atoms with Gasteiger partial charge in [0.1, 0.15) is 0 Å². The number of hydrogen-bond donors (Lipinski definition) is 0. The van der Waals surface area contributed by atoms with E-state index in [0.29, 0.717) is 5.41 Å². The van der Waals surface area contributed by atoms with Crippen molar-refractivity contribution in [3.05, 3.63) is 0 Å². The van der Waals surface area contributed by atoms with E-state index < -0.39 is 12.6 Å². The Hall–Kier alpha value is -0.250. The van der Waals surface area contributed by atoms with E-state index in [1.165, 1.54) is 19.3 Å². The molecular formula is C10H16F3N. The summed E-state index contributed by atoms with van der Waals surface area (Å²) in [5.41, 5.74) is 0.434. The van der Waals surface area contributed by atoms with Gasteiger partial charge in [0.25, 0.3) is 0 Å². The molecule has 1 nitrogen and oxygen atoms in total. The van der Waals surface area contributed by atoms with E-state index in [0.717, 1.165) is 19.5 Å². The molecule has 2 aliphatic rings. The van der Waals surface area contributed by atoms with Gasteiger partial charge in [-0.15, -0.1) is 0 Å². The third-order valence-electron chi connectivity index (χ3n) is 3.41.